The van der Waals surface area contributed by atoms with E-state index in [2.05, 4.69) is 10.0 Å². The SMILES string of the molecule is O=C(N[C@@H]1CCc2cc(Cl)ccc21)c1cc2c(s1)SNC2.OO. The van der Waals surface area contributed by atoms with Crippen molar-refractivity contribution in [2.24, 2.45) is 0 Å². The van der Waals surface area contributed by atoms with Gasteiger partial charge in [-0.15, -0.1) is 11.3 Å². The molecular weight excluding hydrogens is 356 g/mol. The zero-order valence-electron chi connectivity index (χ0n) is 12.0. The standard InChI is InChI=1S/C15H13ClN2OS2.H2O2/c16-10-2-3-11-8(5-10)1-4-12(11)18-14(19)13-6-9-7-17-21-15(9)20-13;1-2/h2-3,5-6,12,17H,1,4,7H2,(H,18,19);1-2H/t12-;/m1./s1. The topological polar surface area (TPSA) is 81.6 Å². The molecule has 0 bridgehead atoms. The lowest BCUT2D eigenvalue weighted by Gasteiger charge is -2.13. The predicted octanol–water partition coefficient (Wildman–Crippen LogP) is 3.95. The van der Waals surface area contributed by atoms with Gasteiger partial charge < -0.3 is 5.32 Å². The fraction of sp³-hybridized carbons (Fsp3) is 0.267. The van der Waals surface area contributed by atoms with Crippen LogP contribution in [0.2, 0.25) is 5.02 Å². The number of hydrogen-bond acceptors (Lipinski definition) is 6. The summed E-state index contributed by atoms with van der Waals surface area (Å²) in [4.78, 5) is 13.2. The van der Waals surface area contributed by atoms with Gasteiger partial charge in [0.05, 0.1) is 15.1 Å². The van der Waals surface area contributed by atoms with Gasteiger partial charge in [-0.1, -0.05) is 17.7 Å². The van der Waals surface area contributed by atoms with Crippen molar-refractivity contribution in [3.63, 3.8) is 0 Å². The van der Waals surface area contributed by atoms with E-state index in [0.717, 1.165) is 29.3 Å². The van der Waals surface area contributed by atoms with E-state index in [-0.39, 0.29) is 11.9 Å². The van der Waals surface area contributed by atoms with Gasteiger partial charge in [0.25, 0.3) is 5.91 Å². The molecule has 0 saturated carbocycles. The monoisotopic (exact) mass is 370 g/mol. The summed E-state index contributed by atoms with van der Waals surface area (Å²) in [5.74, 6) is 0.0304. The lowest BCUT2D eigenvalue weighted by atomic mass is 10.1. The first-order chi connectivity index (χ1) is 11.2. The molecule has 1 aromatic heterocycles. The van der Waals surface area contributed by atoms with Crippen molar-refractivity contribution in [1.29, 1.82) is 0 Å². The summed E-state index contributed by atoms with van der Waals surface area (Å²) in [6.45, 7) is 0.842. The quantitative estimate of drug-likeness (QED) is 0.365. The van der Waals surface area contributed by atoms with Gasteiger partial charge in [-0.2, -0.15) is 0 Å². The van der Waals surface area contributed by atoms with Crippen LogP contribution in [-0.4, -0.2) is 16.4 Å². The highest BCUT2D eigenvalue weighted by Crippen LogP contribution is 2.37. The van der Waals surface area contributed by atoms with Gasteiger partial charge in [0.2, 0.25) is 0 Å². The Labute approximate surface area is 146 Å². The minimum Gasteiger partial charge on any atom is -0.345 e. The number of thiophene rings is 1. The molecule has 5 nitrogen and oxygen atoms in total. The highest BCUT2D eigenvalue weighted by atomic mass is 35.5. The fourth-order valence-electron chi connectivity index (χ4n) is 2.88. The first-order valence-corrected chi connectivity index (χ1v) is 9.03. The molecule has 1 atom stereocenters. The van der Waals surface area contributed by atoms with Crippen LogP contribution in [-0.2, 0) is 13.0 Å². The first kappa shape index (κ1) is 16.8. The van der Waals surface area contributed by atoms with Crippen LogP contribution in [0.25, 0.3) is 0 Å². The van der Waals surface area contributed by atoms with E-state index in [1.165, 1.54) is 20.9 Å². The minimum absolute atomic E-state index is 0.0304. The minimum atomic E-state index is 0.0304. The molecule has 2 aliphatic rings. The van der Waals surface area contributed by atoms with Crippen molar-refractivity contribution in [1.82, 2.24) is 10.0 Å². The number of carbonyl (C=O) groups is 1. The lowest BCUT2D eigenvalue weighted by Crippen LogP contribution is -2.26. The van der Waals surface area contributed by atoms with Crippen molar-refractivity contribution in [3.05, 3.63) is 50.9 Å². The maximum absolute atomic E-state index is 12.4. The molecular formula is C15H15ClN2O3S2. The summed E-state index contributed by atoms with van der Waals surface area (Å²) >= 11 is 9.20. The van der Waals surface area contributed by atoms with Gasteiger partial charge in [0, 0.05) is 11.6 Å². The number of hydrogen-bond donors (Lipinski definition) is 4. The van der Waals surface area contributed by atoms with E-state index >= 15 is 0 Å². The predicted molar refractivity (Wildman–Crippen MR) is 92.3 cm³/mol. The highest BCUT2D eigenvalue weighted by Gasteiger charge is 2.26. The van der Waals surface area contributed by atoms with Crippen molar-refractivity contribution in [3.8, 4) is 0 Å². The number of fused-ring (bicyclic) bond motifs is 2. The number of amides is 1. The normalized spacial score (nSPS) is 18.0. The number of halogens is 1. The van der Waals surface area contributed by atoms with Gasteiger partial charge >= 0.3 is 0 Å². The molecule has 2 heterocycles. The third-order valence-corrected chi connectivity index (χ3v) is 6.35. The highest BCUT2D eigenvalue weighted by molar-refractivity contribution is 7.99. The molecule has 23 heavy (non-hydrogen) atoms. The summed E-state index contributed by atoms with van der Waals surface area (Å²) in [7, 11) is 0. The number of rotatable bonds is 2. The molecule has 1 aromatic carbocycles. The molecule has 2 aromatic rings. The molecule has 1 aliphatic heterocycles. The zero-order valence-corrected chi connectivity index (χ0v) is 14.4. The average Bonchev–Trinajstić information content (AvgIpc) is 3.23. The second-order valence-electron chi connectivity index (χ2n) is 5.25. The number of carbonyl (C=O) groups excluding carboxylic acids is 1. The Morgan fingerprint density at radius 1 is 1.30 bits per heavy atom. The Kier molecular flexibility index (Phi) is 5.25. The Morgan fingerprint density at radius 3 is 2.91 bits per heavy atom. The lowest BCUT2D eigenvalue weighted by molar-refractivity contribution is -0.176. The number of aryl methyl sites for hydroxylation is 1. The summed E-state index contributed by atoms with van der Waals surface area (Å²) < 4.78 is 4.42. The molecule has 0 radical (unpaired) electrons. The Morgan fingerprint density at radius 2 is 2.13 bits per heavy atom. The molecule has 0 saturated heterocycles. The summed E-state index contributed by atoms with van der Waals surface area (Å²) in [6, 6.07) is 8.04. The van der Waals surface area contributed by atoms with Gasteiger partial charge in [-0.3, -0.25) is 20.0 Å². The van der Waals surface area contributed by atoms with Crippen molar-refractivity contribution < 1.29 is 15.3 Å². The second kappa shape index (κ2) is 7.21. The molecule has 1 aliphatic carbocycles. The first-order valence-electron chi connectivity index (χ1n) is 7.02. The molecule has 0 spiro atoms. The van der Waals surface area contributed by atoms with Gasteiger partial charge in [0.15, 0.2) is 0 Å². The van der Waals surface area contributed by atoms with Crippen LogP contribution in [0.5, 0.6) is 0 Å². The van der Waals surface area contributed by atoms with Crippen LogP contribution in [0.15, 0.2) is 28.5 Å². The van der Waals surface area contributed by atoms with Crippen LogP contribution in [0.3, 0.4) is 0 Å². The maximum atomic E-state index is 12.4. The largest absolute Gasteiger partial charge is 0.345 e. The van der Waals surface area contributed by atoms with Crippen LogP contribution in [0.4, 0.5) is 0 Å². The molecule has 4 rings (SSSR count). The number of benzene rings is 1. The van der Waals surface area contributed by atoms with E-state index in [9.17, 15) is 4.79 Å². The fourth-order valence-corrected chi connectivity index (χ4v) is 5.12. The van der Waals surface area contributed by atoms with Crippen molar-refractivity contribution in [2.45, 2.75) is 29.6 Å². The Bertz CT molecular complexity index is 714. The van der Waals surface area contributed by atoms with E-state index in [4.69, 9.17) is 22.1 Å². The van der Waals surface area contributed by atoms with E-state index in [1.54, 1.807) is 23.3 Å². The van der Waals surface area contributed by atoms with E-state index < -0.39 is 0 Å². The van der Waals surface area contributed by atoms with Gasteiger partial charge in [-0.25, -0.2) is 0 Å². The van der Waals surface area contributed by atoms with Gasteiger partial charge in [0.1, 0.15) is 0 Å². The van der Waals surface area contributed by atoms with Crippen LogP contribution in [0.1, 0.15) is 38.8 Å². The average molecular weight is 371 g/mol. The summed E-state index contributed by atoms with van der Waals surface area (Å²) in [5, 5.41) is 15.9. The number of nitrogens with one attached hydrogen (secondary N) is 2. The van der Waals surface area contributed by atoms with Crippen LogP contribution >= 0.6 is 34.9 Å². The van der Waals surface area contributed by atoms with Crippen LogP contribution < -0.4 is 10.0 Å². The molecule has 8 heteroatoms. The summed E-state index contributed by atoms with van der Waals surface area (Å²) in [6.07, 6.45) is 1.92. The molecule has 4 N–H and O–H groups in total. The Balaban J connectivity index is 0.000000753. The molecule has 1 amide bonds. The maximum Gasteiger partial charge on any atom is 0.261 e. The smallest absolute Gasteiger partial charge is 0.261 e. The third-order valence-electron chi connectivity index (χ3n) is 3.91. The summed E-state index contributed by atoms with van der Waals surface area (Å²) in [5.41, 5.74) is 3.68. The molecule has 122 valence electrons. The van der Waals surface area contributed by atoms with Gasteiger partial charge in [-0.05, 0) is 59.7 Å². The van der Waals surface area contributed by atoms with Crippen molar-refractivity contribution >= 4 is 40.8 Å². The molecule has 0 unspecified atom stereocenters. The van der Waals surface area contributed by atoms with E-state index in [0.29, 0.717) is 0 Å². The third kappa shape index (κ3) is 3.40. The van der Waals surface area contributed by atoms with Crippen LogP contribution in [0, 0.1) is 0 Å². The van der Waals surface area contributed by atoms with Crippen molar-refractivity contribution in [2.75, 3.05) is 0 Å². The zero-order chi connectivity index (χ0) is 16.4. The molecule has 0 fully saturated rings. The second-order valence-corrected chi connectivity index (χ2v) is 7.90. The Hall–Kier alpha value is -1.09. The van der Waals surface area contributed by atoms with E-state index in [1.807, 2.05) is 24.3 Å².